The number of hydrogen-bond acceptors (Lipinski definition) is 4. The quantitative estimate of drug-likeness (QED) is 0.122. The van der Waals surface area contributed by atoms with Gasteiger partial charge in [0.25, 0.3) is 0 Å². The summed E-state index contributed by atoms with van der Waals surface area (Å²) in [4.78, 5) is 10.3. The summed E-state index contributed by atoms with van der Waals surface area (Å²) in [5.41, 5.74) is 32.7. The molecular formula is C106H68N4O2. The fraction of sp³-hybridized carbons (Fsp3) is 0. The lowest BCUT2D eigenvalue weighted by Crippen LogP contribution is -1.94. The third-order valence-electron chi connectivity index (χ3n) is 22.0. The van der Waals surface area contributed by atoms with Crippen LogP contribution in [0, 0.1) is 0 Å². The molecule has 0 amide bonds. The summed E-state index contributed by atoms with van der Waals surface area (Å²) in [6, 6.07) is 147. The summed E-state index contributed by atoms with van der Waals surface area (Å²) in [6.45, 7) is 0. The van der Waals surface area contributed by atoms with E-state index < -0.39 is 0 Å². The van der Waals surface area contributed by atoms with E-state index in [-0.39, 0.29) is 0 Å². The van der Waals surface area contributed by atoms with Crippen molar-refractivity contribution in [2.24, 2.45) is 0 Å². The monoisotopic (exact) mass is 1430 g/mol. The van der Waals surface area contributed by atoms with E-state index in [4.69, 9.17) is 18.8 Å². The lowest BCUT2D eigenvalue weighted by atomic mass is 9.96. The average molecular weight is 1430 g/mol. The van der Waals surface area contributed by atoms with Crippen molar-refractivity contribution in [2.45, 2.75) is 0 Å². The van der Waals surface area contributed by atoms with E-state index in [1.807, 2.05) is 42.5 Å². The number of nitrogens with zero attached hydrogens (tertiary/aromatic N) is 4. The first-order valence-electron chi connectivity index (χ1n) is 38.1. The summed E-state index contributed by atoms with van der Waals surface area (Å²) >= 11 is 0. The Kier molecular flexibility index (Phi) is 16.1. The topological polar surface area (TPSA) is 61.9 Å². The molecule has 0 N–H and O–H groups in total. The first-order valence-corrected chi connectivity index (χ1v) is 38.1. The highest BCUT2D eigenvalue weighted by atomic mass is 16.3. The van der Waals surface area contributed by atoms with Crippen molar-refractivity contribution in [3.8, 4) is 123 Å². The van der Waals surface area contributed by atoms with Gasteiger partial charge in [0.1, 0.15) is 22.3 Å². The van der Waals surface area contributed by atoms with Crippen molar-refractivity contribution in [3.05, 3.63) is 413 Å². The van der Waals surface area contributed by atoms with Gasteiger partial charge in [-0.15, -0.1) is 0 Å². The van der Waals surface area contributed by atoms with Crippen LogP contribution >= 0.6 is 0 Å². The molecule has 0 spiro atoms. The molecule has 16 aromatic carbocycles. The van der Waals surface area contributed by atoms with Crippen LogP contribution in [-0.2, 0) is 0 Å². The second-order valence-corrected chi connectivity index (χ2v) is 28.7. The Hall–Kier alpha value is -15.0. The fourth-order valence-corrected chi connectivity index (χ4v) is 16.7. The highest BCUT2D eigenvalue weighted by Crippen LogP contribution is 2.44. The number of benzene rings is 16. The van der Waals surface area contributed by atoms with Gasteiger partial charge in [-0.05, 0) is 182 Å². The van der Waals surface area contributed by atoms with Gasteiger partial charge in [0.2, 0.25) is 0 Å². The molecule has 22 rings (SSSR count). The van der Waals surface area contributed by atoms with E-state index in [9.17, 15) is 0 Å². The molecule has 0 atom stereocenters. The standard InChI is InChI=1S/2C53H34N2O/c1-3-14-35(15-4-1)47-33-41(34-48(54-47)36-16-5-2-6-17-36)38-19-11-18-37(30-38)39-28-29-50-46(32-39)44-22-7-9-25-49(44)55(50)42-21-12-20-40(31-42)43-24-13-27-52-53(43)45-23-8-10-26-51(45)56-52;1-3-13-35(14-4-1)41-33-47(37-15-5-2-6-16-37)54-48(34-41)38-27-25-36(26-28-38)39-29-30-50-46(32-39)44-19-7-9-22-49(44)55(50)42-18-11-17-40(31-42)43-21-12-24-52-53(43)45-20-8-10-23-51(45)56-52/h2*1-34H. The minimum absolute atomic E-state index is 0.903. The minimum atomic E-state index is 0.903. The molecule has 112 heavy (non-hydrogen) atoms. The third kappa shape index (κ3) is 11.8. The van der Waals surface area contributed by atoms with Crippen LogP contribution in [0.2, 0.25) is 0 Å². The Bertz CT molecular complexity index is 7240. The summed E-state index contributed by atoms with van der Waals surface area (Å²) in [5.74, 6) is 0. The number of aromatic nitrogens is 4. The van der Waals surface area contributed by atoms with E-state index in [0.29, 0.717) is 0 Å². The van der Waals surface area contributed by atoms with Crippen molar-refractivity contribution in [1.82, 2.24) is 19.1 Å². The van der Waals surface area contributed by atoms with Crippen molar-refractivity contribution in [2.75, 3.05) is 0 Å². The maximum absolute atomic E-state index is 6.25. The molecule has 6 nitrogen and oxygen atoms in total. The number of rotatable bonds is 12. The Morgan fingerprint density at radius 3 is 0.929 bits per heavy atom. The molecule has 6 heteroatoms. The molecule has 0 fully saturated rings. The van der Waals surface area contributed by atoms with Gasteiger partial charge in [-0.3, -0.25) is 0 Å². The van der Waals surface area contributed by atoms with Crippen molar-refractivity contribution < 1.29 is 8.83 Å². The van der Waals surface area contributed by atoms with Gasteiger partial charge in [0.05, 0.1) is 44.8 Å². The SMILES string of the molecule is c1ccc(-c2cc(-c3cccc(-c4ccc5c(c4)c4ccccc4n5-c4cccc(-c5cccc6oc7ccccc7c56)c4)c3)cc(-c3ccccc3)n2)cc1.c1ccc(-c2cc(-c3ccccc3)nc(-c3ccc(-c4ccc5c(c4)c4ccccc4n5-c4cccc(-c5cccc6oc7ccccc7c56)c4)cc3)c2)cc1. The van der Waals surface area contributed by atoms with Gasteiger partial charge in [-0.25, -0.2) is 9.97 Å². The Labute approximate surface area is 646 Å². The third-order valence-corrected chi connectivity index (χ3v) is 22.0. The molecule has 0 radical (unpaired) electrons. The molecule has 0 saturated heterocycles. The van der Waals surface area contributed by atoms with Crippen LogP contribution in [0.15, 0.2) is 421 Å². The predicted octanol–water partition coefficient (Wildman–Crippen LogP) is 28.8. The summed E-state index contributed by atoms with van der Waals surface area (Å²) < 4.78 is 17.3. The molecule has 6 heterocycles. The largest absolute Gasteiger partial charge is 0.456 e. The molecule has 0 aliphatic carbocycles. The first-order chi connectivity index (χ1) is 55.5. The van der Waals surface area contributed by atoms with E-state index in [1.165, 1.54) is 77.0 Å². The van der Waals surface area contributed by atoms with Crippen molar-refractivity contribution in [3.63, 3.8) is 0 Å². The zero-order chi connectivity index (χ0) is 74.0. The highest BCUT2D eigenvalue weighted by Gasteiger charge is 2.21. The lowest BCUT2D eigenvalue weighted by Gasteiger charge is -2.12. The van der Waals surface area contributed by atoms with Crippen LogP contribution in [0.4, 0.5) is 0 Å². The van der Waals surface area contributed by atoms with E-state index >= 15 is 0 Å². The molecular weight excluding hydrogens is 1360 g/mol. The molecule has 22 aromatic rings. The van der Waals surface area contributed by atoms with Gasteiger partial charge in [-0.2, -0.15) is 0 Å². The Morgan fingerprint density at radius 2 is 0.464 bits per heavy atom. The van der Waals surface area contributed by atoms with Crippen LogP contribution in [0.25, 0.3) is 211 Å². The van der Waals surface area contributed by atoms with Crippen LogP contribution < -0.4 is 0 Å². The number of hydrogen-bond donors (Lipinski definition) is 0. The minimum Gasteiger partial charge on any atom is -0.456 e. The van der Waals surface area contributed by atoms with Crippen molar-refractivity contribution in [1.29, 1.82) is 0 Å². The normalized spacial score (nSPS) is 11.6. The van der Waals surface area contributed by atoms with Gasteiger partial charge < -0.3 is 18.0 Å². The van der Waals surface area contributed by atoms with Crippen molar-refractivity contribution >= 4 is 87.5 Å². The molecule has 6 aromatic heterocycles. The van der Waals surface area contributed by atoms with Gasteiger partial charge in [0.15, 0.2) is 0 Å². The van der Waals surface area contributed by atoms with Crippen LogP contribution in [0.3, 0.4) is 0 Å². The predicted molar refractivity (Wildman–Crippen MR) is 466 cm³/mol. The first kappa shape index (κ1) is 65.3. The summed E-state index contributed by atoms with van der Waals surface area (Å²) in [5, 5.41) is 9.46. The summed E-state index contributed by atoms with van der Waals surface area (Å²) in [6.07, 6.45) is 0. The van der Waals surface area contributed by atoms with Gasteiger partial charge >= 0.3 is 0 Å². The Balaban J connectivity index is 0.000000141. The van der Waals surface area contributed by atoms with E-state index in [2.05, 4.69) is 379 Å². The molecule has 524 valence electrons. The highest BCUT2D eigenvalue weighted by molar-refractivity contribution is 6.15. The average Bonchev–Trinajstić information content (AvgIpc) is 1.59. The number of fused-ring (bicyclic) bond motifs is 12. The van der Waals surface area contributed by atoms with Gasteiger partial charge in [-0.1, -0.05) is 297 Å². The zero-order valence-electron chi connectivity index (χ0n) is 60.9. The van der Waals surface area contributed by atoms with Crippen LogP contribution in [0.1, 0.15) is 0 Å². The lowest BCUT2D eigenvalue weighted by molar-refractivity contribution is 0.668. The van der Waals surface area contributed by atoms with E-state index in [1.54, 1.807) is 0 Å². The second-order valence-electron chi connectivity index (χ2n) is 28.7. The maximum Gasteiger partial charge on any atom is 0.136 e. The molecule has 0 bridgehead atoms. The number of pyridine rings is 2. The zero-order valence-corrected chi connectivity index (χ0v) is 60.9. The van der Waals surface area contributed by atoms with E-state index in [0.717, 1.165) is 134 Å². The summed E-state index contributed by atoms with van der Waals surface area (Å²) in [7, 11) is 0. The van der Waals surface area contributed by atoms with Gasteiger partial charge in [0, 0.05) is 76.7 Å². The number of para-hydroxylation sites is 4. The van der Waals surface area contributed by atoms with Crippen LogP contribution in [0.5, 0.6) is 0 Å². The molecule has 0 aliphatic heterocycles. The smallest absolute Gasteiger partial charge is 0.136 e. The molecule has 0 aliphatic rings. The Morgan fingerprint density at radius 1 is 0.170 bits per heavy atom. The maximum atomic E-state index is 6.25. The second kappa shape index (κ2) is 27.7. The number of furan rings is 2. The molecule has 0 unspecified atom stereocenters. The molecule has 0 saturated carbocycles. The van der Waals surface area contributed by atoms with Crippen LogP contribution in [-0.4, -0.2) is 19.1 Å². The fourth-order valence-electron chi connectivity index (χ4n) is 16.7.